The van der Waals surface area contributed by atoms with Gasteiger partial charge in [-0.15, -0.1) is 0 Å². The maximum absolute atomic E-state index is 12.6. The summed E-state index contributed by atoms with van der Waals surface area (Å²) in [6.45, 7) is 4.57. The number of likely N-dealkylation sites (tertiary alicyclic amines) is 1. The summed E-state index contributed by atoms with van der Waals surface area (Å²) < 4.78 is 43.4. The largest absolute Gasteiger partial charge is 0.465 e. The van der Waals surface area contributed by atoms with Crippen molar-refractivity contribution in [3.8, 4) is 0 Å². The molecule has 1 aliphatic rings. The fourth-order valence-corrected chi connectivity index (χ4v) is 4.00. The number of hydrogen-bond donors (Lipinski definition) is 0. The first-order valence-electron chi connectivity index (χ1n) is 8.60. The smallest absolute Gasteiger partial charge is 0.401 e. The van der Waals surface area contributed by atoms with Crippen molar-refractivity contribution in [2.45, 2.75) is 38.9 Å². The molecule has 1 fully saturated rings. The number of anilines is 1. The maximum atomic E-state index is 12.6. The van der Waals surface area contributed by atoms with Crippen LogP contribution in [0.15, 0.2) is 16.6 Å². The zero-order chi connectivity index (χ0) is 19.5. The van der Waals surface area contributed by atoms with Crippen molar-refractivity contribution in [2.75, 3.05) is 38.2 Å². The van der Waals surface area contributed by atoms with Crippen molar-refractivity contribution >= 4 is 27.6 Å². The Labute approximate surface area is 160 Å². The number of carbonyl (C=O) groups excluding carboxylic acids is 1. The maximum Gasteiger partial charge on any atom is 0.401 e. The van der Waals surface area contributed by atoms with Gasteiger partial charge < -0.3 is 9.64 Å². The molecule has 0 N–H and O–H groups in total. The number of alkyl halides is 3. The minimum atomic E-state index is -4.16. The van der Waals surface area contributed by atoms with Crippen molar-refractivity contribution in [1.29, 1.82) is 0 Å². The highest BCUT2D eigenvalue weighted by Crippen LogP contribution is 2.32. The fraction of sp³-hybridized carbons (Fsp3) is 0.611. The lowest BCUT2D eigenvalue weighted by atomic mass is 9.99. The number of halogens is 4. The molecule has 1 saturated heterocycles. The van der Waals surface area contributed by atoms with E-state index < -0.39 is 18.7 Å². The van der Waals surface area contributed by atoms with Gasteiger partial charge in [0.05, 0.1) is 19.2 Å². The number of benzene rings is 1. The molecule has 0 amide bonds. The van der Waals surface area contributed by atoms with Gasteiger partial charge in [-0.05, 0) is 44.4 Å². The summed E-state index contributed by atoms with van der Waals surface area (Å²) in [4.78, 5) is 15.7. The minimum absolute atomic E-state index is 0.142. The van der Waals surface area contributed by atoms with Crippen molar-refractivity contribution in [2.24, 2.45) is 0 Å². The third-order valence-corrected chi connectivity index (χ3v) is 5.26. The Balaban J connectivity index is 2.19. The molecule has 0 aliphatic carbocycles. The van der Waals surface area contributed by atoms with Crippen molar-refractivity contribution in [1.82, 2.24) is 4.90 Å². The standard InChI is InChI=1S/C18H24BrF3N2O2/c1-4-24(14-5-7-23(8-6-14)11-18(20,21)22)16-10-13(19)9-15(12(16)2)17(25)26-3/h9-10,14H,4-8,11H2,1-3H3. The van der Waals surface area contributed by atoms with Crippen LogP contribution in [0.3, 0.4) is 0 Å². The highest BCUT2D eigenvalue weighted by molar-refractivity contribution is 9.10. The number of rotatable bonds is 5. The Bertz CT molecular complexity index is 644. The van der Waals surface area contributed by atoms with Crippen LogP contribution in [-0.4, -0.2) is 56.4 Å². The monoisotopic (exact) mass is 436 g/mol. The molecule has 1 aromatic carbocycles. The average molecular weight is 437 g/mol. The van der Waals surface area contributed by atoms with Gasteiger partial charge in [0.15, 0.2) is 0 Å². The second kappa shape index (κ2) is 8.61. The molecule has 0 radical (unpaired) electrons. The van der Waals surface area contributed by atoms with Crippen LogP contribution in [0.2, 0.25) is 0 Å². The summed E-state index contributed by atoms with van der Waals surface area (Å²) in [7, 11) is 1.34. The summed E-state index contributed by atoms with van der Waals surface area (Å²) in [5.74, 6) is -0.402. The fourth-order valence-electron chi connectivity index (χ4n) is 3.55. The van der Waals surface area contributed by atoms with Gasteiger partial charge in [0.25, 0.3) is 0 Å². The third-order valence-electron chi connectivity index (χ3n) is 4.80. The number of hydrogen-bond acceptors (Lipinski definition) is 4. The Hall–Kier alpha value is -1.28. The summed E-state index contributed by atoms with van der Waals surface area (Å²) >= 11 is 3.44. The molecule has 26 heavy (non-hydrogen) atoms. The van der Waals surface area contributed by atoms with Gasteiger partial charge in [-0.2, -0.15) is 13.2 Å². The Kier molecular flexibility index (Phi) is 6.96. The van der Waals surface area contributed by atoms with E-state index in [1.54, 1.807) is 6.07 Å². The zero-order valence-electron chi connectivity index (χ0n) is 15.2. The number of carbonyl (C=O) groups is 1. The molecule has 2 rings (SSSR count). The van der Waals surface area contributed by atoms with Gasteiger partial charge in [0, 0.05) is 35.8 Å². The first-order chi connectivity index (χ1) is 12.2. The number of nitrogens with zero attached hydrogens (tertiary/aromatic N) is 2. The molecule has 0 atom stereocenters. The lowest BCUT2D eigenvalue weighted by molar-refractivity contribution is -0.147. The third kappa shape index (κ3) is 5.13. The van der Waals surface area contributed by atoms with E-state index in [0.29, 0.717) is 38.0 Å². The number of ether oxygens (including phenoxy) is 1. The quantitative estimate of drug-likeness (QED) is 0.640. The summed E-state index contributed by atoms with van der Waals surface area (Å²) in [6, 6.07) is 3.82. The lowest BCUT2D eigenvalue weighted by Gasteiger charge is -2.40. The lowest BCUT2D eigenvalue weighted by Crippen LogP contribution is -2.47. The van der Waals surface area contributed by atoms with Crippen LogP contribution >= 0.6 is 15.9 Å². The van der Waals surface area contributed by atoms with Gasteiger partial charge in [-0.3, -0.25) is 4.90 Å². The topological polar surface area (TPSA) is 32.8 Å². The van der Waals surface area contributed by atoms with Crippen molar-refractivity contribution in [3.63, 3.8) is 0 Å². The van der Waals surface area contributed by atoms with Gasteiger partial charge in [-0.25, -0.2) is 4.79 Å². The summed E-state index contributed by atoms with van der Waals surface area (Å²) in [5.41, 5.74) is 2.22. The van der Waals surface area contributed by atoms with Crippen LogP contribution in [0.4, 0.5) is 18.9 Å². The molecule has 0 aromatic heterocycles. The minimum Gasteiger partial charge on any atom is -0.465 e. The van der Waals surface area contributed by atoms with Gasteiger partial charge in [0.1, 0.15) is 0 Å². The van der Waals surface area contributed by atoms with Crippen LogP contribution in [0.25, 0.3) is 0 Å². The first-order valence-corrected chi connectivity index (χ1v) is 9.39. The number of piperidine rings is 1. The molecule has 1 aliphatic heterocycles. The number of esters is 1. The highest BCUT2D eigenvalue weighted by Gasteiger charge is 2.34. The van der Waals surface area contributed by atoms with Crippen molar-refractivity contribution in [3.05, 3.63) is 27.7 Å². The highest BCUT2D eigenvalue weighted by atomic mass is 79.9. The molecule has 0 bridgehead atoms. The van der Waals surface area contributed by atoms with E-state index in [4.69, 9.17) is 4.74 Å². The van der Waals surface area contributed by atoms with E-state index in [1.165, 1.54) is 12.0 Å². The Morgan fingerprint density at radius 3 is 2.46 bits per heavy atom. The molecule has 4 nitrogen and oxygen atoms in total. The molecular weight excluding hydrogens is 413 g/mol. The molecule has 8 heteroatoms. The molecule has 1 heterocycles. The Morgan fingerprint density at radius 2 is 1.96 bits per heavy atom. The summed E-state index contributed by atoms with van der Waals surface area (Å²) in [5, 5.41) is 0. The average Bonchev–Trinajstić information content (AvgIpc) is 2.57. The second-order valence-electron chi connectivity index (χ2n) is 6.50. The SMILES string of the molecule is CCN(c1cc(Br)cc(C(=O)OC)c1C)C1CCN(CC(F)(F)F)CC1. The molecular formula is C18H24BrF3N2O2. The van der Waals surface area contributed by atoms with Gasteiger partial charge >= 0.3 is 12.1 Å². The zero-order valence-corrected chi connectivity index (χ0v) is 16.8. The van der Waals surface area contributed by atoms with E-state index in [-0.39, 0.29) is 6.04 Å². The van der Waals surface area contributed by atoms with Crippen molar-refractivity contribution < 1.29 is 22.7 Å². The normalized spacial score (nSPS) is 16.6. The van der Waals surface area contributed by atoms with Crippen LogP contribution in [0.1, 0.15) is 35.7 Å². The van der Waals surface area contributed by atoms with Gasteiger partial charge in [0.2, 0.25) is 0 Å². The predicted octanol–water partition coefficient (Wildman–Crippen LogP) is 4.40. The second-order valence-corrected chi connectivity index (χ2v) is 7.41. The predicted molar refractivity (Wildman–Crippen MR) is 98.8 cm³/mol. The van der Waals surface area contributed by atoms with E-state index in [9.17, 15) is 18.0 Å². The van der Waals surface area contributed by atoms with E-state index in [2.05, 4.69) is 20.8 Å². The molecule has 0 unspecified atom stereocenters. The molecule has 1 aromatic rings. The Morgan fingerprint density at radius 1 is 1.35 bits per heavy atom. The van der Waals surface area contributed by atoms with E-state index in [0.717, 1.165) is 15.7 Å². The van der Waals surface area contributed by atoms with E-state index >= 15 is 0 Å². The number of methoxy groups -OCH3 is 1. The molecule has 0 spiro atoms. The van der Waals surface area contributed by atoms with Crippen LogP contribution in [0.5, 0.6) is 0 Å². The van der Waals surface area contributed by atoms with Crippen LogP contribution in [0, 0.1) is 6.92 Å². The molecule has 146 valence electrons. The summed E-state index contributed by atoms with van der Waals surface area (Å²) in [6.07, 6.45) is -2.85. The molecule has 0 saturated carbocycles. The van der Waals surface area contributed by atoms with Crippen LogP contribution < -0.4 is 4.90 Å². The first kappa shape index (κ1) is 21.0. The van der Waals surface area contributed by atoms with E-state index in [1.807, 2.05) is 19.9 Å². The van der Waals surface area contributed by atoms with Gasteiger partial charge in [-0.1, -0.05) is 15.9 Å². The van der Waals surface area contributed by atoms with Crippen LogP contribution in [-0.2, 0) is 4.74 Å².